The summed E-state index contributed by atoms with van der Waals surface area (Å²) in [7, 11) is 0. The van der Waals surface area contributed by atoms with Crippen LogP contribution in [0, 0.1) is 0 Å². The van der Waals surface area contributed by atoms with E-state index >= 15 is 0 Å². The summed E-state index contributed by atoms with van der Waals surface area (Å²) >= 11 is 0. The van der Waals surface area contributed by atoms with E-state index in [-0.39, 0.29) is 5.92 Å². The number of para-hydroxylation sites is 1. The molecule has 0 aliphatic rings. The molecule has 1 heteroatoms. The highest BCUT2D eigenvalue weighted by atomic mass is 15.0. The lowest BCUT2D eigenvalue weighted by Gasteiger charge is -2.23. The quantitative estimate of drug-likeness (QED) is 0.134. The first kappa shape index (κ1) is 39.6. The third kappa shape index (κ3) is 6.79. The molecule has 1 heterocycles. The number of rotatable bonds is 8. The number of benzene rings is 12. The Kier molecular flexibility index (Phi) is 9.65. The summed E-state index contributed by atoms with van der Waals surface area (Å²) < 4.78 is 2.47. The molecule has 1 unspecified atom stereocenters. The summed E-state index contributed by atoms with van der Waals surface area (Å²) in [5, 5.41) is 10.0. The molecule has 0 aliphatic carbocycles. The zero-order chi connectivity index (χ0) is 45.0. The summed E-state index contributed by atoms with van der Waals surface area (Å²) in [5.74, 6) is -0.0333. The monoisotopic (exact) mass is 863 g/mol. The first-order valence-electron chi connectivity index (χ1n) is 23.6. The van der Waals surface area contributed by atoms with E-state index in [0.29, 0.717) is 0 Å². The fourth-order valence-corrected chi connectivity index (χ4v) is 10.9. The fourth-order valence-electron chi connectivity index (χ4n) is 10.9. The molecule has 1 atom stereocenters. The minimum absolute atomic E-state index is 0.0333. The van der Waals surface area contributed by atoms with Gasteiger partial charge in [-0.15, -0.1) is 0 Å². The number of aromatic nitrogens is 1. The van der Waals surface area contributed by atoms with Gasteiger partial charge in [0.1, 0.15) is 0 Å². The van der Waals surface area contributed by atoms with Crippen LogP contribution in [0.5, 0.6) is 0 Å². The zero-order valence-electron chi connectivity index (χ0n) is 37.4. The van der Waals surface area contributed by atoms with Gasteiger partial charge in [-0.1, -0.05) is 243 Å². The summed E-state index contributed by atoms with van der Waals surface area (Å²) in [6, 6.07) is 98.5. The minimum Gasteiger partial charge on any atom is -0.309 e. The van der Waals surface area contributed by atoms with E-state index in [0.717, 1.165) is 5.69 Å². The van der Waals surface area contributed by atoms with Crippen molar-refractivity contribution >= 4 is 54.1 Å². The highest BCUT2D eigenvalue weighted by Crippen LogP contribution is 2.44. The van der Waals surface area contributed by atoms with Crippen molar-refractivity contribution in [3.8, 4) is 50.2 Å². The third-order valence-electron chi connectivity index (χ3n) is 14.1. The molecule has 0 saturated heterocycles. The lowest BCUT2D eigenvalue weighted by Crippen LogP contribution is -2.05. The van der Waals surface area contributed by atoms with Gasteiger partial charge in [0, 0.05) is 27.8 Å². The summed E-state index contributed by atoms with van der Waals surface area (Å²) in [4.78, 5) is 0. The van der Waals surface area contributed by atoms with Crippen LogP contribution in [0.3, 0.4) is 0 Å². The highest BCUT2D eigenvalue weighted by molar-refractivity contribution is 6.18. The van der Waals surface area contributed by atoms with Gasteiger partial charge in [0.25, 0.3) is 0 Å². The molecule has 13 rings (SSSR count). The van der Waals surface area contributed by atoms with Gasteiger partial charge in [0.2, 0.25) is 0 Å². The van der Waals surface area contributed by atoms with E-state index < -0.39 is 0 Å². The van der Waals surface area contributed by atoms with Crippen LogP contribution < -0.4 is 0 Å². The molecule has 0 fully saturated rings. The largest absolute Gasteiger partial charge is 0.309 e. The van der Waals surface area contributed by atoms with Crippen LogP contribution in [-0.2, 0) is 0 Å². The topological polar surface area (TPSA) is 4.93 Å². The lowest BCUT2D eigenvalue weighted by atomic mass is 9.80. The SMILES string of the molecule is c1ccc(-c2cccc(C(c3ccc(-c4cc(-n5c6ccccc6c6ccc7ccccc7c65)ccc4-c4ccccc4)cc3)c3ccc(-c4ccc5ccccc5c4)c4ccccc34)c2)cc1. The van der Waals surface area contributed by atoms with Gasteiger partial charge in [-0.25, -0.2) is 0 Å². The Morgan fingerprint density at radius 2 is 0.868 bits per heavy atom. The van der Waals surface area contributed by atoms with Crippen molar-refractivity contribution in [1.82, 2.24) is 4.57 Å². The molecule has 318 valence electrons. The van der Waals surface area contributed by atoms with Gasteiger partial charge in [-0.05, 0) is 112 Å². The fraction of sp³-hybridized carbons (Fsp3) is 0.0149. The average molecular weight is 864 g/mol. The second-order valence-corrected chi connectivity index (χ2v) is 18.0. The number of nitrogens with zero attached hydrogens (tertiary/aromatic N) is 1. The van der Waals surface area contributed by atoms with Gasteiger partial charge in [0.15, 0.2) is 0 Å². The van der Waals surface area contributed by atoms with Crippen LogP contribution in [-0.4, -0.2) is 4.57 Å². The van der Waals surface area contributed by atoms with Crippen molar-refractivity contribution in [2.45, 2.75) is 5.92 Å². The molecule has 0 amide bonds. The summed E-state index contributed by atoms with van der Waals surface area (Å²) in [6.45, 7) is 0. The first-order chi connectivity index (χ1) is 33.7. The van der Waals surface area contributed by atoms with Crippen LogP contribution in [0.1, 0.15) is 22.6 Å². The van der Waals surface area contributed by atoms with E-state index in [1.165, 1.54) is 115 Å². The second kappa shape index (κ2) is 16.6. The molecule has 68 heavy (non-hydrogen) atoms. The van der Waals surface area contributed by atoms with Crippen molar-refractivity contribution < 1.29 is 0 Å². The molecule has 1 aromatic heterocycles. The maximum absolute atomic E-state index is 2.47. The molecular formula is C67H45N. The standard InChI is InChI=1S/C67H45N/c1-3-16-45(17-4-1)52-23-15-24-54(43-52)66(62-41-40-57(59-26-11-12-27-60(59)62)53-35-30-46-18-7-8-22-51(46)42-53)50-33-31-49(32-34-50)64-44-55(37-39-56(64)47-19-5-2-6-20-47)68-65-29-14-13-28-61(65)63-38-36-48-21-9-10-25-58(48)67(63)68/h1-44,66H. The van der Waals surface area contributed by atoms with Gasteiger partial charge in [0.05, 0.1) is 11.0 Å². The van der Waals surface area contributed by atoms with Crippen LogP contribution >= 0.6 is 0 Å². The Balaban J connectivity index is 0.992. The number of hydrogen-bond donors (Lipinski definition) is 0. The molecule has 0 N–H and O–H groups in total. The minimum atomic E-state index is -0.0333. The normalized spacial score (nSPS) is 12.1. The molecule has 0 radical (unpaired) electrons. The van der Waals surface area contributed by atoms with E-state index in [4.69, 9.17) is 0 Å². The van der Waals surface area contributed by atoms with Crippen LogP contribution in [0.4, 0.5) is 0 Å². The maximum Gasteiger partial charge on any atom is 0.0619 e. The van der Waals surface area contributed by atoms with E-state index in [9.17, 15) is 0 Å². The van der Waals surface area contributed by atoms with E-state index in [1.807, 2.05) is 0 Å². The first-order valence-corrected chi connectivity index (χ1v) is 23.6. The molecule has 13 aromatic rings. The van der Waals surface area contributed by atoms with Crippen molar-refractivity contribution in [3.05, 3.63) is 284 Å². The van der Waals surface area contributed by atoms with Crippen LogP contribution in [0.15, 0.2) is 267 Å². The van der Waals surface area contributed by atoms with E-state index in [1.54, 1.807) is 0 Å². The number of fused-ring (bicyclic) bond motifs is 7. The van der Waals surface area contributed by atoms with Crippen molar-refractivity contribution in [1.29, 1.82) is 0 Å². The lowest BCUT2D eigenvalue weighted by molar-refractivity contribution is 0.990. The Morgan fingerprint density at radius 3 is 1.68 bits per heavy atom. The second-order valence-electron chi connectivity index (χ2n) is 18.0. The van der Waals surface area contributed by atoms with Gasteiger partial charge < -0.3 is 4.57 Å². The molecule has 0 spiro atoms. The molecule has 1 nitrogen and oxygen atoms in total. The Bertz CT molecular complexity index is 4010. The zero-order valence-corrected chi connectivity index (χ0v) is 37.4. The highest BCUT2D eigenvalue weighted by Gasteiger charge is 2.23. The van der Waals surface area contributed by atoms with Gasteiger partial charge in [-0.3, -0.25) is 0 Å². The van der Waals surface area contributed by atoms with Gasteiger partial charge in [-0.2, -0.15) is 0 Å². The van der Waals surface area contributed by atoms with Gasteiger partial charge >= 0.3 is 0 Å². The van der Waals surface area contributed by atoms with Crippen LogP contribution in [0.2, 0.25) is 0 Å². The number of hydrogen-bond acceptors (Lipinski definition) is 0. The maximum atomic E-state index is 2.47. The Labute approximate surface area is 396 Å². The van der Waals surface area contributed by atoms with Crippen molar-refractivity contribution in [3.63, 3.8) is 0 Å². The predicted molar refractivity (Wildman–Crippen MR) is 289 cm³/mol. The molecule has 0 aliphatic heterocycles. The Morgan fingerprint density at radius 1 is 0.265 bits per heavy atom. The Hall–Kier alpha value is -8.78. The smallest absolute Gasteiger partial charge is 0.0619 e. The van der Waals surface area contributed by atoms with Crippen molar-refractivity contribution in [2.75, 3.05) is 0 Å². The van der Waals surface area contributed by atoms with E-state index in [2.05, 4.69) is 271 Å². The molecule has 0 bridgehead atoms. The molecular weight excluding hydrogens is 819 g/mol. The summed E-state index contributed by atoms with van der Waals surface area (Å²) in [5.41, 5.74) is 17.0. The molecule has 0 saturated carbocycles. The summed E-state index contributed by atoms with van der Waals surface area (Å²) in [6.07, 6.45) is 0. The predicted octanol–water partition coefficient (Wildman–Crippen LogP) is 18.1. The molecule has 12 aromatic carbocycles. The average Bonchev–Trinajstić information content (AvgIpc) is 3.76. The van der Waals surface area contributed by atoms with Crippen LogP contribution in [0.25, 0.3) is 104 Å². The third-order valence-corrected chi connectivity index (χ3v) is 14.1. The van der Waals surface area contributed by atoms with Crippen molar-refractivity contribution in [2.24, 2.45) is 0 Å².